The lowest BCUT2D eigenvalue weighted by molar-refractivity contribution is 1.05. The van der Waals surface area contributed by atoms with Gasteiger partial charge in [-0.1, -0.05) is 115 Å². The van der Waals surface area contributed by atoms with Crippen LogP contribution in [0.25, 0.3) is 81.9 Å². The van der Waals surface area contributed by atoms with Gasteiger partial charge in [-0.25, -0.2) is 9.97 Å². The third-order valence-corrected chi connectivity index (χ3v) is 9.15. The smallest absolute Gasteiger partial charge is 0.162 e. The van der Waals surface area contributed by atoms with Crippen LogP contribution >= 0.6 is 11.3 Å². The molecule has 0 N–H and O–H groups in total. The predicted octanol–water partition coefficient (Wildman–Crippen LogP) is 10.4. The highest BCUT2D eigenvalue weighted by Crippen LogP contribution is 2.45. The summed E-state index contributed by atoms with van der Waals surface area (Å²) in [5, 5.41) is 10.9. The first-order chi connectivity index (χ1) is 20.8. The van der Waals surface area contributed by atoms with Gasteiger partial charge < -0.3 is 0 Å². The zero-order valence-electron chi connectivity index (χ0n) is 22.5. The predicted molar refractivity (Wildman–Crippen MR) is 178 cm³/mol. The Balaban J connectivity index is 1.53. The normalized spacial score (nSPS) is 11.8. The van der Waals surface area contributed by atoms with E-state index in [1.807, 2.05) is 24.3 Å². The van der Waals surface area contributed by atoms with Crippen LogP contribution in [0.2, 0.25) is 0 Å². The minimum absolute atomic E-state index is 0.713. The second-order valence-electron chi connectivity index (χ2n) is 10.6. The third kappa shape index (κ3) is 3.39. The summed E-state index contributed by atoms with van der Waals surface area (Å²) in [5.41, 5.74) is 5.32. The zero-order valence-corrected chi connectivity index (χ0v) is 23.3. The monoisotopic (exact) mass is 553 g/mol. The molecule has 0 aliphatic rings. The van der Waals surface area contributed by atoms with Crippen molar-refractivity contribution in [1.82, 2.24) is 14.5 Å². The molecule has 0 saturated carbocycles. The molecule has 3 nitrogen and oxygen atoms in total. The quantitative estimate of drug-likeness (QED) is 0.204. The summed E-state index contributed by atoms with van der Waals surface area (Å²) in [6, 6.07) is 47.2. The molecule has 0 atom stereocenters. The van der Waals surface area contributed by atoms with Crippen molar-refractivity contribution in [3.8, 4) is 28.5 Å². The summed E-state index contributed by atoms with van der Waals surface area (Å²) >= 11 is 1.78. The second kappa shape index (κ2) is 9.10. The molecule has 0 radical (unpaired) electrons. The van der Waals surface area contributed by atoms with Crippen LogP contribution in [0, 0.1) is 0 Å². The Bertz CT molecular complexity index is 2400. The lowest BCUT2D eigenvalue weighted by Gasteiger charge is -2.14. The van der Waals surface area contributed by atoms with Crippen LogP contribution in [-0.2, 0) is 0 Å². The van der Waals surface area contributed by atoms with Gasteiger partial charge in [0.1, 0.15) is 5.82 Å². The summed E-state index contributed by atoms with van der Waals surface area (Å²) < 4.78 is 3.66. The van der Waals surface area contributed by atoms with Crippen LogP contribution < -0.4 is 0 Å². The molecule has 0 amide bonds. The molecule has 9 aromatic rings. The molecule has 0 unspecified atom stereocenters. The van der Waals surface area contributed by atoms with Crippen LogP contribution in [0.4, 0.5) is 0 Å². The molecule has 0 spiro atoms. The first-order valence-corrected chi connectivity index (χ1v) is 15.0. The van der Waals surface area contributed by atoms with E-state index >= 15 is 0 Å². The molecule has 196 valence electrons. The van der Waals surface area contributed by atoms with Crippen LogP contribution in [-0.4, -0.2) is 14.5 Å². The molecule has 0 aliphatic heterocycles. The van der Waals surface area contributed by atoms with Crippen molar-refractivity contribution in [3.05, 3.63) is 139 Å². The number of hydrogen-bond acceptors (Lipinski definition) is 3. The third-order valence-electron chi connectivity index (χ3n) is 8.27. The number of benzene rings is 6. The molecule has 9 rings (SSSR count). The minimum atomic E-state index is 0.713. The highest BCUT2D eigenvalue weighted by atomic mass is 32.1. The Morgan fingerprint density at radius 3 is 1.88 bits per heavy atom. The Labute approximate surface area is 246 Å². The topological polar surface area (TPSA) is 30.7 Å². The van der Waals surface area contributed by atoms with Crippen LogP contribution in [0.5, 0.6) is 0 Å². The van der Waals surface area contributed by atoms with Gasteiger partial charge >= 0.3 is 0 Å². The molecule has 42 heavy (non-hydrogen) atoms. The maximum absolute atomic E-state index is 5.31. The first kappa shape index (κ1) is 23.4. The number of nitrogens with zero attached hydrogens (tertiary/aromatic N) is 3. The molecule has 0 bridgehead atoms. The summed E-state index contributed by atoms with van der Waals surface area (Å²) in [7, 11) is 0. The van der Waals surface area contributed by atoms with Crippen LogP contribution in [0.3, 0.4) is 0 Å². The van der Waals surface area contributed by atoms with Gasteiger partial charge in [0.15, 0.2) is 5.82 Å². The Hall–Kier alpha value is -5.32. The molecule has 3 heterocycles. The van der Waals surface area contributed by atoms with Gasteiger partial charge in [0.05, 0.1) is 16.7 Å². The standard InChI is InChI=1S/C38H23N3S/c1-3-11-24(12-4-1)32-23-34(40-38(39-32)25-13-5-2-6-14-25)41-36-30-21-22-42-33(30)20-19-31(36)35-28-17-9-7-15-26(28)27-16-8-10-18-29(27)37(35)41/h1-23H. The van der Waals surface area contributed by atoms with E-state index in [-0.39, 0.29) is 0 Å². The average molecular weight is 554 g/mol. The van der Waals surface area contributed by atoms with Crippen molar-refractivity contribution >= 4 is 64.8 Å². The Morgan fingerprint density at radius 1 is 0.476 bits per heavy atom. The summed E-state index contributed by atoms with van der Waals surface area (Å²) in [5.74, 6) is 1.58. The van der Waals surface area contributed by atoms with Gasteiger partial charge in [-0.2, -0.15) is 0 Å². The lowest BCUT2D eigenvalue weighted by atomic mass is 9.96. The fourth-order valence-corrected chi connectivity index (χ4v) is 7.25. The Kier molecular flexibility index (Phi) is 5.07. The highest BCUT2D eigenvalue weighted by molar-refractivity contribution is 7.17. The molecule has 3 aromatic heterocycles. The number of aromatic nitrogens is 3. The van der Waals surface area contributed by atoms with E-state index in [0.717, 1.165) is 22.6 Å². The van der Waals surface area contributed by atoms with Crippen molar-refractivity contribution in [2.24, 2.45) is 0 Å². The van der Waals surface area contributed by atoms with Gasteiger partial charge in [-0.15, -0.1) is 11.3 Å². The van der Waals surface area contributed by atoms with Gasteiger partial charge in [0.2, 0.25) is 0 Å². The van der Waals surface area contributed by atoms with E-state index in [9.17, 15) is 0 Å². The number of fused-ring (bicyclic) bond motifs is 10. The molecule has 0 saturated heterocycles. The molecule has 6 aromatic carbocycles. The van der Waals surface area contributed by atoms with Crippen molar-refractivity contribution in [2.45, 2.75) is 0 Å². The van der Waals surface area contributed by atoms with Crippen LogP contribution in [0.1, 0.15) is 0 Å². The van der Waals surface area contributed by atoms with Gasteiger partial charge in [0.25, 0.3) is 0 Å². The van der Waals surface area contributed by atoms with Crippen LogP contribution in [0.15, 0.2) is 139 Å². The van der Waals surface area contributed by atoms with E-state index in [0.29, 0.717) is 5.82 Å². The minimum Gasteiger partial charge on any atom is -0.292 e. The van der Waals surface area contributed by atoms with E-state index in [4.69, 9.17) is 9.97 Å². The summed E-state index contributed by atoms with van der Waals surface area (Å²) in [6.07, 6.45) is 0. The Morgan fingerprint density at radius 2 is 1.12 bits per heavy atom. The van der Waals surface area contributed by atoms with E-state index in [1.54, 1.807) is 11.3 Å². The van der Waals surface area contributed by atoms with Crippen molar-refractivity contribution in [3.63, 3.8) is 0 Å². The number of rotatable bonds is 3. The molecular weight excluding hydrogens is 531 g/mol. The van der Waals surface area contributed by atoms with Crippen molar-refractivity contribution in [2.75, 3.05) is 0 Å². The average Bonchev–Trinajstić information content (AvgIpc) is 3.69. The number of thiophene rings is 1. The SMILES string of the molecule is c1ccc(-c2cc(-n3c4c5ccsc5ccc4c4c5ccccc5c5ccccc5c43)nc(-c3ccccc3)n2)cc1. The summed E-state index contributed by atoms with van der Waals surface area (Å²) in [6.45, 7) is 0. The molecule has 0 aliphatic carbocycles. The largest absolute Gasteiger partial charge is 0.292 e. The highest BCUT2D eigenvalue weighted by Gasteiger charge is 2.22. The van der Waals surface area contributed by atoms with Gasteiger partial charge in [-0.05, 0) is 33.7 Å². The van der Waals surface area contributed by atoms with Gasteiger partial charge in [-0.3, -0.25) is 4.57 Å². The lowest BCUT2D eigenvalue weighted by Crippen LogP contribution is -2.03. The molecule has 4 heteroatoms. The second-order valence-corrected chi connectivity index (χ2v) is 11.6. The maximum atomic E-state index is 5.31. The van der Waals surface area contributed by atoms with E-state index in [2.05, 4.69) is 119 Å². The number of hydrogen-bond donors (Lipinski definition) is 0. The fraction of sp³-hybridized carbons (Fsp3) is 0. The maximum Gasteiger partial charge on any atom is 0.162 e. The van der Waals surface area contributed by atoms with Gasteiger partial charge in [0, 0.05) is 43.4 Å². The zero-order chi connectivity index (χ0) is 27.6. The van der Waals surface area contributed by atoms with Crippen molar-refractivity contribution < 1.29 is 0 Å². The molecule has 0 fully saturated rings. The van der Waals surface area contributed by atoms with E-state index < -0.39 is 0 Å². The first-order valence-electron chi connectivity index (χ1n) is 14.1. The van der Waals surface area contributed by atoms with E-state index in [1.165, 1.54) is 53.4 Å². The fourth-order valence-electron chi connectivity index (χ4n) is 6.46. The molecular formula is C38H23N3S. The van der Waals surface area contributed by atoms with Crippen molar-refractivity contribution in [1.29, 1.82) is 0 Å². The summed E-state index contributed by atoms with van der Waals surface area (Å²) in [4.78, 5) is 10.4.